The average Bonchev–Trinajstić information content (AvgIpc) is 2.72. The molecule has 4 N–H and O–H groups in total. The van der Waals surface area contributed by atoms with E-state index in [1.54, 1.807) is 5.48 Å². The summed E-state index contributed by atoms with van der Waals surface area (Å²) in [4.78, 5) is 11.6. The molecule has 2 rings (SSSR count). The van der Waals surface area contributed by atoms with Gasteiger partial charge in [-0.3, -0.25) is 14.4 Å². The van der Waals surface area contributed by atoms with Crippen molar-refractivity contribution in [3.63, 3.8) is 0 Å². The lowest BCUT2D eigenvalue weighted by Crippen LogP contribution is -2.46. The number of carbonyl (C=O) groups is 1. The van der Waals surface area contributed by atoms with Crippen LogP contribution in [-0.2, 0) is 11.3 Å². The van der Waals surface area contributed by atoms with Gasteiger partial charge in [0.2, 0.25) is 0 Å². The van der Waals surface area contributed by atoms with Crippen molar-refractivity contribution in [1.82, 2.24) is 10.8 Å². The maximum absolute atomic E-state index is 11.6. The number of hydrogen-bond acceptors (Lipinski definition) is 4. The van der Waals surface area contributed by atoms with Crippen molar-refractivity contribution in [3.8, 4) is 11.1 Å². The second-order valence-electron chi connectivity index (χ2n) is 5.64. The summed E-state index contributed by atoms with van der Waals surface area (Å²) in [6.45, 7) is 4.45. The quantitative estimate of drug-likeness (QED) is 0.469. The summed E-state index contributed by atoms with van der Waals surface area (Å²) in [5.41, 5.74) is 5.15. The molecule has 1 unspecified atom stereocenters. The summed E-state index contributed by atoms with van der Waals surface area (Å²) in [7, 11) is 1.50. The molecule has 1 amide bonds. The molecule has 0 saturated carbocycles. The highest BCUT2D eigenvalue weighted by Crippen LogP contribution is 2.19. The number of hydrogen-bond donors (Lipinski definition) is 4. The van der Waals surface area contributed by atoms with E-state index in [2.05, 4.69) is 29.6 Å². The molecule has 0 saturated heterocycles. The maximum atomic E-state index is 11.6. The van der Waals surface area contributed by atoms with Crippen LogP contribution in [0.3, 0.4) is 0 Å². The van der Waals surface area contributed by atoms with Crippen LogP contribution >= 0.6 is 0 Å². The van der Waals surface area contributed by atoms with Crippen molar-refractivity contribution in [2.45, 2.75) is 26.4 Å². The fourth-order valence-electron chi connectivity index (χ4n) is 2.37. The van der Waals surface area contributed by atoms with Gasteiger partial charge in [0.1, 0.15) is 0 Å². The Bertz CT molecular complexity index is 604. The van der Waals surface area contributed by atoms with E-state index in [9.17, 15) is 9.18 Å². The molecule has 0 bridgehead atoms. The summed E-state index contributed by atoms with van der Waals surface area (Å²) in [5.74, 6) is -0.313. The van der Waals surface area contributed by atoms with Crippen LogP contribution in [0.25, 0.3) is 11.1 Å². The lowest BCUT2D eigenvalue weighted by atomic mass is 10.0. The minimum absolute atomic E-state index is 0.0933. The first-order valence-corrected chi connectivity index (χ1v) is 8.26. The zero-order chi connectivity index (χ0) is 19.9. The van der Waals surface area contributed by atoms with Crippen LogP contribution in [0.5, 0.6) is 0 Å². The third-order valence-electron chi connectivity index (χ3n) is 3.65. The summed E-state index contributed by atoms with van der Waals surface area (Å²) in [6, 6.07) is 18.0. The number of carbonyl (C=O) groups excluding carboxylic acids is 1. The monoisotopic (exact) mass is 364 g/mol. The molecular weight excluding hydrogens is 335 g/mol. The predicted molar refractivity (Wildman–Crippen MR) is 102 cm³/mol. The molecule has 0 spiro atoms. The largest absolute Gasteiger partial charge is 0.400 e. The number of rotatable bonds is 6. The first-order chi connectivity index (χ1) is 12.6. The lowest BCUT2D eigenvalue weighted by molar-refractivity contribution is -0.132. The zero-order valence-electron chi connectivity index (χ0n) is 15.7. The minimum Gasteiger partial charge on any atom is -0.400 e. The Morgan fingerprint density at radius 1 is 0.962 bits per heavy atom. The standard InChI is InChI=1S/C18H22N2O2.CH3F.CH4O/c1-13(2)17(18(21)20-22)19-12-14-8-10-16(11-9-14)15-6-4-3-5-7-15;2*1-2/h3-11,13,17,19,22H,12H2,1-2H3,(H,20,21);1H3;2H,1H3. The first kappa shape index (κ1) is 23.7. The smallest absolute Gasteiger partial charge is 0.260 e. The molecule has 26 heavy (non-hydrogen) atoms. The molecule has 0 fully saturated rings. The van der Waals surface area contributed by atoms with Gasteiger partial charge in [-0.2, -0.15) is 0 Å². The highest BCUT2D eigenvalue weighted by atomic mass is 19.1. The fraction of sp³-hybridized carbons (Fsp3) is 0.350. The van der Waals surface area contributed by atoms with Crippen molar-refractivity contribution in [2.75, 3.05) is 14.3 Å². The van der Waals surface area contributed by atoms with E-state index in [-0.39, 0.29) is 5.92 Å². The molecule has 2 aromatic rings. The zero-order valence-corrected chi connectivity index (χ0v) is 15.7. The van der Waals surface area contributed by atoms with Crippen molar-refractivity contribution in [1.29, 1.82) is 0 Å². The van der Waals surface area contributed by atoms with E-state index >= 15 is 0 Å². The number of benzene rings is 2. The van der Waals surface area contributed by atoms with Gasteiger partial charge in [-0.05, 0) is 22.6 Å². The molecule has 5 nitrogen and oxygen atoms in total. The molecule has 0 heterocycles. The SMILES string of the molecule is CC(C)C(NCc1ccc(-c2ccccc2)cc1)C(=O)NO.CF.CO. The van der Waals surface area contributed by atoms with Gasteiger partial charge >= 0.3 is 0 Å². The van der Waals surface area contributed by atoms with Crippen LogP contribution in [-0.4, -0.2) is 36.6 Å². The van der Waals surface area contributed by atoms with Gasteiger partial charge in [-0.15, -0.1) is 0 Å². The van der Waals surface area contributed by atoms with Crippen LogP contribution in [0.2, 0.25) is 0 Å². The van der Waals surface area contributed by atoms with E-state index in [1.165, 1.54) is 5.56 Å². The molecule has 0 aromatic heterocycles. The topological polar surface area (TPSA) is 81.6 Å². The molecule has 0 aliphatic carbocycles. The number of amides is 1. The van der Waals surface area contributed by atoms with Crippen LogP contribution in [0.4, 0.5) is 4.39 Å². The van der Waals surface area contributed by atoms with Gasteiger partial charge in [0, 0.05) is 13.7 Å². The summed E-state index contributed by atoms with van der Waals surface area (Å²) in [5, 5.41) is 18.9. The van der Waals surface area contributed by atoms with Gasteiger partial charge < -0.3 is 10.4 Å². The lowest BCUT2D eigenvalue weighted by Gasteiger charge is -2.20. The van der Waals surface area contributed by atoms with Crippen LogP contribution in [0.1, 0.15) is 19.4 Å². The Labute approximate surface area is 154 Å². The van der Waals surface area contributed by atoms with Crippen molar-refractivity contribution in [3.05, 3.63) is 60.2 Å². The van der Waals surface area contributed by atoms with E-state index in [0.29, 0.717) is 13.7 Å². The Balaban J connectivity index is 0.00000146. The van der Waals surface area contributed by atoms with Gasteiger partial charge in [0.25, 0.3) is 5.91 Å². The van der Waals surface area contributed by atoms with Crippen LogP contribution in [0, 0.1) is 5.92 Å². The average molecular weight is 364 g/mol. The van der Waals surface area contributed by atoms with E-state index in [0.717, 1.165) is 18.2 Å². The van der Waals surface area contributed by atoms with Crippen molar-refractivity contribution < 1.29 is 19.5 Å². The number of halogens is 1. The second-order valence-corrected chi connectivity index (χ2v) is 5.64. The fourth-order valence-corrected chi connectivity index (χ4v) is 2.37. The second kappa shape index (κ2) is 13.9. The highest BCUT2D eigenvalue weighted by molar-refractivity contribution is 5.80. The number of aliphatic hydroxyl groups excluding tert-OH is 1. The summed E-state index contributed by atoms with van der Waals surface area (Å²) in [6.07, 6.45) is 0. The molecule has 6 heteroatoms. The Morgan fingerprint density at radius 2 is 1.46 bits per heavy atom. The molecule has 144 valence electrons. The first-order valence-electron chi connectivity index (χ1n) is 8.26. The molecule has 0 radical (unpaired) electrons. The molecule has 1 atom stereocenters. The van der Waals surface area contributed by atoms with Crippen molar-refractivity contribution >= 4 is 5.91 Å². The molecular formula is C20H29FN2O3. The number of hydroxylamine groups is 1. The van der Waals surface area contributed by atoms with Crippen LogP contribution < -0.4 is 10.8 Å². The number of nitrogens with one attached hydrogen (secondary N) is 2. The normalized spacial score (nSPS) is 10.8. The molecule has 0 aliphatic rings. The Morgan fingerprint density at radius 3 is 1.92 bits per heavy atom. The molecule has 2 aromatic carbocycles. The summed E-state index contributed by atoms with van der Waals surface area (Å²) < 4.78 is 9.50. The number of alkyl halides is 1. The highest BCUT2D eigenvalue weighted by Gasteiger charge is 2.20. The third kappa shape index (κ3) is 7.74. The van der Waals surface area contributed by atoms with E-state index in [1.807, 2.05) is 44.2 Å². The predicted octanol–water partition coefficient (Wildman–Crippen LogP) is 3.17. The van der Waals surface area contributed by atoms with Gasteiger partial charge in [-0.25, -0.2) is 5.48 Å². The third-order valence-corrected chi connectivity index (χ3v) is 3.65. The maximum Gasteiger partial charge on any atom is 0.260 e. The van der Waals surface area contributed by atoms with E-state index < -0.39 is 11.9 Å². The van der Waals surface area contributed by atoms with Gasteiger partial charge in [0.05, 0.1) is 13.2 Å². The van der Waals surface area contributed by atoms with Crippen molar-refractivity contribution in [2.24, 2.45) is 5.92 Å². The minimum atomic E-state index is -0.418. The summed E-state index contributed by atoms with van der Waals surface area (Å²) >= 11 is 0. The van der Waals surface area contributed by atoms with E-state index in [4.69, 9.17) is 10.3 Å². The Hall–Kier alpha value is -2.28. The number of aliphatic hydroxyl groups is 1. The Kier molecular flexibility index (Phi) is 12.7. The van der Waals surface area contributed by atoms with Crippen LogP contribution in [0.15, 0.2) is 54.6 Å². The van der Waals surface area contributed by atoms with Gasteiger partial charge in [-0.1, -0.05) is 68.4 Å². The molecule has 0 aliphatic heterocycles. The van der Waals surface area contributed by atoms with Gasteiger partial charge in [0.15, 0.2) is 0 Å².